The van der Waals surface area contributed by atoms with Gasteiger partial charge in [-0.15, -0.1) is 0 Å². The van der Waals surface area contributed by atoms with E-state index >= 15 is 0 Å². The third-order valence-corrected chi connectivity index (χ3v) is 7.75. The quantitative estimate of drug-likeness (QED) is 0.341. The zero-order chi connectivity index (χ0) is 26.5. The van der Waals surface area contributed by atoms with Gasteiger partial charge in [-0.2, -0.15) is 0 Å². The summed E-state index contributed by atoms with van der Waals surface area (Å²) in [5.74, 6) is -1.56. The maximum atomic E-state index is 14.5. The summed E-state index contributed by atoms with van der Waals surface area (Å²) in [5, 5.41) is 0. The molecule has 0 saturated heterocycles. The number of hydrogen-bond donors (Lipinski definition) is 0. The van der Waals surface area contributed by atoms with Crippen molar-refractivity contribution >= 4 is 33.5 Å². The summed E-state index contributed by atoms with van der Waals surface area (Å²) in [5.41, 5.74) is 1.98. The fraction of sp³-hybridized carbons (Fsp3) is 0.290. The van der Waals surface area contributed by atoms with E-state index in [1.807, 2.05) is 66.7 Å². The van der Waals surface area contributed by atoms with E-state index in [-0.39, 0.29) is 17.6 Å². The van der Waals surface area contributed by atoms with Crippen molar-refractivity contribution in [3.05, 3.63) is 111 Å². The van der Waals surface area contributed by atoms with E-state index in [1.54, 1.807) is 18.7 Å². The van der Waals surface area contributed by atoms with Gasteiger partial charge in [0.2, 0.25) is 11.4 Å². The van der Waals surface area contributed by atoms with Gasteiger partial charge in [0, 0.05) is 30.3 Å². The van der Waals surface area contributed by atoms with E-state index in [0.29, 0.717) is 36.4 Å². The molecule has 0 aromatic heterocycles. The topological polar surface area (TPSA) is 65.1 Å². The van der Waals surface area contributed by atoms with Crippen LogP contribution in [0, 0.1) is 0 Å². The fourth-order valence-electron chi connectivity index (χ4n) is 5.65. The third kappa shape index (κ3) is 4.24. The lowest BCUT2D eigenvalue weighted by molar-refractivity contribution is -0.224. The number of esters is 1. The molecule has 6 nitrogen and oxygen atoms in total. The first-order valence-corrected chi connectivity index (χ1v) is 13.6. The highest BCUT2D eigenvalue weighted by Crippen LogP contribution is 2.55. The molecule has 0 aliphatic carbocycles. The number of rotatable bonds is 5. The Bertz CT molecular complexity index is 1440. The molecule has 0 radical (unpaired) electrons. The molecular weight excluding hydrogens is 546 g/mol. The largest absolute Gasteiger partial charge is 0.456 e. The van der Waals surface area contributed by atoms with Crippen LogP contribution in [0.5, 0.6) is 0 Å². The van der Waals surface area contributed by atoms with Gasteiger partial charge in [0.05, 0.1) is 18.3 Å². The zero-order valence-electron chi connectivity index (χ0n) is 21.3. The van der Waals surface area contributed by atoms with Gasteiger partial charge < -0.3 is 19.1 Å². The molecule has 0 unspecified atom stereocenters. The van der Waals surface area contributed by atoms with Gasteiger partial charge in [-0.25, -0.2) is 4.79 Å². The van der Waals surface area contributed by atoms with Crippen molar-refractivity contribution in [2.45, 2.75) is 57.1 Å². The van der Waals surface area contributed by atoms with Crippen molar-refractivity contribution in [2.75, 3.05) is 4.90 Å². The monoisotopic (exact) mass is 573 g/mol. The predicted molar refractivity (Wildman–Crippen MR) is 146 cm³/mol. The Morgan fingerprint density at radius 1 is 0.921 bits per heavy atom. The average Bonchev–Trinajstić information content (AvgIpc) is 3.09. The number of hydrogen-bond acceptors (Lipinski definition) is 5. The first kappa shape index (κ1) is 24.9. The van der Waals surface area contributed by atoms with Gasteiger partial charge in [-0.05, 0) is 36.1 Å². The lowest BCUT2D eigenvalue weighted by Crippen LogP contribution is -2.54. The summed E-state index contributed by atoms with van der Waals surface area (Å²) in [7, 11) is 0. The number of ether oxygens (including phenoxy) is 3. The summed E-state index contributed by atoms with van der Waals surface area (Å²) in [6.07, 6.45) is 1.49. The van der Waals surface area contributed by atoms with E-state index in [2.05, 4.69) is 28.1 Å². The second kappa shape index (κ2) is 9.40. The molecule has 38 heavy (non-hydrogen) atoms. The Kier molecular flexibility index (Phi) is 6.16. The summed E-state index contributed by atoms with van der Waals surface area (Å²) >= 11 is 3.56. The molecule has 1 amide bonds. The van der Waals surface area contributed by atoms with Crippen LogP contribution in [-0.2, 0) is 42.4 Å². The van der Waals surface area contributed by atoms with Crippen LogP contribution in [0.2, 0.25) is 0 Å². The molecule has 194 valence electrons. The van der Waals surface area contributed by atoms with Gasteiger partial charge in [-0.1, -0.05) is 82.7 Å². The number of benzene rings is 3. The average molecular weight is 574 g/mol. The summed E-state index contributed by atoms with van der Waals surface area (Å²) in [6, 6.07) is 25.6. The minimum absolute atomic E-state index is 0.150. The summed E-state index contributed by atoms with van der Waals surface area (Å²) < 4.78 is 19.5. The number of anilines is 1. The lowest BCUT2D eigenvalue weighted by atomic mass is 9.81. The standard InChI is InChI=1S/C31H28BrNO5/c1-30(2)37-26-18-23(15-13-20-9-5-3-6-10-20)36-31(27(26)28(34)38-30)24-16-14-22(32)17-25(24)33(29(31)35)19-21-11-7-4-8-12-21/h3-12,14,16-17,23H,13,15,18-19H2,1-2H3/t23-,31+/m1/s1. The fourth-order valence-corrected chi connectivity index (χ4v) is 6.00. The molecule has 1 spiro atoms. The molecule has 0 bridgehead atoms. The van der Waals surface area contributed by atoms with Crippen LogP contribution in [0.15, 0.2) is 94.7 Å². The van der Waals surface area contributed by atoms with Crippen LogP contribution in [0.25, 0.3) is 0 Å². The molecule has 2 atom stereocenters. The van der Waals surface area contributed by atoms with E-state index in [9.17, 15) is 9.59 Å². The zero-order valence-corrected chi connectivity index (χ0v) is 22.9. The van der Waals surface area contributed by atoms with Gasteiger partial charge in [0.15, 0.2) is 0 Å². The molecule has 3 aromatic carbocycles. The van der Waals surface area contributed by atoms with E-state index < -0.39 is 17.4 Å². The molecule has 7 heteroatoms. The first-order valence-electron chi connectivity index (χ1n) is 12.8. The summed E-state index contributed by atoms with van der Waals surface area (Å²) in [6.45, 7) is 3.75. The number of carbonyl (C=O) groups excluding carboxylic acids is 2. The minimum Gasteiger partial charge on any atom is -0.456 e. The smallest absolute Gasteiger partial charge is 0.344 e. The van der Waals surface area contributed by atoms with E-state index in [1.165, 1.54) is 5.56 Å². The van der Waals surface area contributed by atoms with Crippen molar-refractivity contribution in [3.8, 4) is 0 Å². The van der Waals surface area contributed by atoms with Crippen LogP contribution >= 0.6 is 15.9 Å². The number of nitrogens with zero attached hydrogens (tertiary/aromatic N) is 1. The second-order valence-corrected chi connectivity index (χ2v) is 11.3. The Labute approximate surface area is 230 Å². The molecule has 0 N–H and O–H groups in total. The second-order valence-electron chi connectivity index (χ2n) is 10.4. The molecule has 3 aromatic rings. The lowest BCUT2D eigenvalue weighted by Gasteiger charge is -2.44. The Balaban J connectivity index is 1.47. The number of halogens is 1. The van der Waals surface area contributed by atoms with Gasteiger partial charge in [-0.3, -0.25) is 4.79 Å². The van der Waals surface area contributed by atoms with Crippen molar-refractivity contribution in [1.29, 1.82) is 0 Å². The SMILES string of the molecule is CC1(C)OC(=O)C2=C(C[C@@H](CCc3ccccc3)O[C@]23C(=O)N(Cc2ccccc2)c2cc(Br)ccc23)O1. The molecular formula is C31H28BrNO5. The van der Waals surface area contributed by atoms with Crippen LogP contribution in [-0.4, -0.2) is 23.8 Å². The highest BCUT2D eigenvalue weighted by molar-refractivity contribution is 9.10. The maximum absolute atomic E-state index is 14.5. The van der Waals surface area contributed by atoms with Crippen LogP contribution in [0.1, 0.15) is 43.4 Å². The Hall–Kier alpha value is -3.42. The van der Waals surface area contributed by atoms with Crippen molar-refractivity contribution < 1.29 is 23.8 Å². The molecule has 3 aliphatic rings. The van der Waals surface area contributed by atoms with Crippen molar-refractivity contribution in [2.24, 2.45) is 0 Å². The van der Waals surface area contributed by atoms with Crippen LogP contribution < -0.4 is 4.90 Å². The van der Waals surface area contributed by atoms with Crippen LogP contribution in [0.3, 0.4) is 0 Å². The van der Waals surface area contributed by atoms with Crippen molar-refractivity contribution in [3.63, 3.8) is 0 Å². The normalized spacial score (nSPS) is 23.7. The van der Waals surface area contributed by atoms with E-state index in [4.69, 9.17) is 14.2 Å². The molecule has 0 saturated carbocycles. The summed E-state index contributed by atoms with van der Waals surface area (Å²) in [4.78, 5) is 29.8. The van der Waals surface area contributed by atoms with E-state index in [0.717, 1.165) is 16.5 Å². The Morgan fingerprint density at radius 2 is 1.61 bits per heavy atom. The maximum Gasteiger partial charge on any atom is 0.344 e. The van der Waals surface area contributed by atoms with Gasteiger partial charge >= 0.3 is 5.97 Å². The predicted octanol–water partition coefficient (Wildman–Crippen LogP) is 6.18. The highest BCUT2D eigenvalue weighted by atomic mass is 79.9. The number of fused-ring (bicyclic) bond motifs is 3. The number of amides is 1. The number of carbonyl (C=O) groups is 2. The highest BCUT2D eigenvalue weighted by Gasteiger charge is 2.63. The Morgan fingerprint density at radius 3 is 2.32 bits per heavy atom. The van der Waals surface area contributed by atoms with Gasteiger partial charge in [0.25, 0.3) is 5.91 Å². The number of cyclic esters (lactones) is 1. The molecule has 3 heterocycles. The number of aryl methyl sites for hydroxylation is 1. The molecule has 3 aliphatic heterocycles. The molecule has 6 rings (SSSR count). The first-order chi connectivity index (χ1) is 18.3. The van der Waals surface area contributed by atoms with Crippen LogP contribution in [0.4, 0.5) is 5.69 Å². The van der Waals surface area contributed by atoms with Gasteiger partial charge in [0.1, 0.15) is 11.3 Å². The minimum atomic E-state index is -1.65. The van der Waals surface area contributed by atoms with Crippen molar-refractivity contribution in [1.82, 2.24) is 0 Å². The third-order valence-electron chi connectivity index (χ3n) is 7.26. The molecule has 0 fully saturated rings.